The quantitative estimate of drug-likeness (QED) is 0.703. The molecule has 0 bridgehead atoms. The molecule has 0 aliphatic heterocycles. The van der Waals surface area contributed by atoms with Gasteiger partial charge in [-0.3, -0.25) is 4.79 Å². The summed E-state index contributed by atoms with van der Waals surface area (Å²) >= 11 is 0. The van der Waals surface area contributed by atoms with Gasteiger partial charge in [-0.05, 0) is 12.8 Å². The number of aromatic hydroxyl groups is 2. The van der Waals surface area contributed by atoms with Gasteiger partial charge in [-0.25, -0.2) is 4.57 Å². The zero-order chi connectivity index (χ0) is 14.3. The Kier molecular flexibility index (Phi) is 6.46. The minimum absolute atomic E-state index is 0.115. The Balaban J connectivity index is 2.34. The molecular weight excluding hydrogens is 242 g/mol. The Labute approximate surface area is 115 Å². The Bertz CT molecular complexity index is 410. The molecule has 0 amide bonds. The molecule has 0 aliphatic carbocycles. The molecule has 19 heavy (non-hydrogen) atoms. The lowest BCUT2D eigenvalue weighted by molar-refractivity contribution is 0.0918. The van der Waals surface area contributed by atoms with Crippen LogP contribution in [0.1, 0.15) is 69.2 Å². The van der Waals surface area contributed by atoms with Crippen LogP contribution in [0.3, 0.4) is 0 Å². The number of aryl methyl sites for hydroxylation is 1. The minimum atomic E-state index is -0.374. The molecule has 0 saturated carbocycles. The van der Waals surface area contributed by atoms with E-state index in [0.29, 0.717) is 12.0 Å². The van der Waals surface area contributed by atoms with E-state index in [2.05, 4.69) is 6.92 Å². The highest BCUT2D eigenvalue weighted by molar-refractivity contribution is 5.80. The number of unbranched alkanes of at least 4 members (excludes halogenated alkanes) is 6. The van der Waals surface area contributed by atoms with E-state index in [1.807, 2.05) is 0 Å². The van der Waals surface area contributed by atoms with Crippen LogP contribution in [-0.2, 0) is 6.42 Å². The van der Waals surface area contributed by atoms with Crippen molar-refractivity contribution in [2.45, 2.75) is 65.2 Å². The lowest BCUT2D eigenvalue weighted by Gasteiger charge is -2.03. The van der Waals surface area contributed by atoms with Gasteiger partial charge in [-0.2, -0.15) is 0 Å². The Morgan fingerprint density at radius 3 is 2.21 bits per heavy atom. The molecule has 0 atom stereocenters. The van der Waals surface area contributed by atoms with E-state index >= 15 is 0 Å². The zero-order valence-electron chi connectivity index (χ0n) is 12.0. The molecule has 4 heteroatoms. The first-order chi connectivity index (χ1) is 9.07. The van der Waals surface area contributed by atoms with Gasteiger partial charge in [0.15, 0.2) is 0 Å². The highest BCUT2D eigenvalue weighted by atomic mass is 16.3. The summed E-state index contributed by atoms with van der Waals surface area (Å²) in [5.74, 6) is -0.667. The van der Waals surface area contributed by atoms with Crippen molar-refractivity contribution in [3.05, 3.63) is 11.6 Å². The number of carbonyl (C=O) groups is 1. The molecule has 2 N–H and O–H groups in total. The second-order valence-electron chi connectivity index (χ2n) is 5.08. The first-order valence-electron chi connectivity index (χ1n) is 7.21. The third-order valence-corrected chi connectivity index (χ3v) is 3.40. The smallest absolute Gasteiger partial charge is 0.233 e. The average Bonchev–Trinajstić information content (AvgIpc) is 2.63. The average molecular weight is 267 g/mol. The molecule has 0 saturated heterocycles. The van der Waals surface area contributed by atoms with E-state index in [9.17, 15) is 15.0 Å². The predicted octanol–water partition coefficient (Wildman–Crippen LogP) is 3.85. The molecule has 0 unspecified atom stereocenters. The van der Waals surface area contributed by atoms with Gasteiger partial charge in [0.2, 0.25) is 17.7 Å². The van der Waals surface area contributed by atoms with Crippen LogP contribution in [0, 0.1) is 0 Å². The van der Waals surface area contributed by atoms with E-state index in [4.69, 9.17) is 0 Å². The summed E-state index contributed by atoms with van der Waals surface area (Å²) in [6.45, 7) is 3.52. The normalized spacial score (nSPS) is 10.8. The van der Waals surface area contributed by atoms with Crippen molar-refractivity contribution in [2.24, 2.45) is 0 Å². The van der Waals surface area contributed by atoms with Crippen LogP contribution in [0.5, 0.6) is 11.8 Å². The Morgan fingerprint density at radius 2 is 1.68 bits per heavy atom. The van der Waals surface area contributed by atoms with Crippen molar-refractivity contribution in [3.8, 4) is 11.8 Å². The highest BCUT2D eigenvalue weighted by Gasteiger charge is 2.16. The highest BCUT2D eigenvalue weighted by Crippen LogP contribution is 2.28. The summed E-state index contributed by atoms with van der Waals surface area (Å²) in [5, 5.41) is 19.4. The van der Waals surface area contributed by atoms with Gasteiger partial charge < -0.3 is 10.2 Å². The SMILES string of the molecule is CCCCCCCCCc1cc(O)n(C(C)=O)c1O. The monoisotopic (exact) mass is 267 g/mol. The summed E-state index contributed by atoms with van der Waals surface area (Å²) in [6, 6.07) is 1.48. The van der Waals surface area contributed by atoms with E-state index in [1.165, 1.54) is 45.1 Å². The van der Waals surface area contributed by atoms with Gasteiger partial charge >= 0.3 is 0 Å². The largest absolute Gasteiger partial charge is 0.494 e. The van der Waals surface area contributed by atoms with Gasteiger partial charge in [0.25, 0.3) is 0 Å². The maximum Gasteiger partial charge on any atom is 0.233 e. The fourth-order valence-corrected chi connectivity index (χ4v) is 2.30. The van der Waals surface area contributed by atoms with Crippen molar-refractivity contribution >= 4 is 5.91 Å². The van der Waals surface area contributed by atoms with Gasteiger partial charge in [0.05, 0.1) is 0 Å². The minimum Gasteiger partial charge on any atom is -0.494 e. The second kappa shape index (κ2) is 7.87. The van der Waals surface area contributed by atoms with Crippen LogP contribution < -0.4 is 0 Å². The van der Waals surface area contributed by atoms with Crippen LogP contribution in [0.25, 0.3) is 0 Å². The third-order valence-electron chi connectivity index (χ3n) is 3.40. The number of rotatable bonds is 8. The van der Waals surface area contributed by atoms with E-state index in [-0.39, 0.29) is 17.7 Å². The van der Waals surface area contributed by atoms with Crippen LogP contribution in [0.2, 0.25) is 0 Å². The molecule has 0 radical (unpaired) electrons. The fraction of sp³-hybridized carbons (Fsp3) is 0.667. The number of aromatic nitrogens is 1. The summed E-state index contributed by atoms with van der Waals surface area (Å²) in [5.41, 5.74) is 0.654. The number of hydrogen-bond acceptors (Lipinski definition) is 3. The van der Waals surface area contributed by atoms with E-state index < -0.39 is 0 Å². The maximum atomic E-state index is 11.2. The van der Waals surface area contributed by atoms with Crippen LogP contribution in [-0.4, -0.2) is 20.7 Å². The lowest BCUT2D eigenvalue weighted by atomic mass is 10.1. The van der Waals surface area contributed by atoms with Gasteiger partial charge in [-0.15, -0.1) is 0 Å². The molecule has 1 rings (SSSR count). The van der Waals surface area contributed by atoms with E-state index in [1.54, 1.807) is 0 Å². The molecule has 4 nitrogen and oxygen atoms in total. The molecule has 0 aromatic carbocycles. The summed E-state index contributed by atoms with van der Waals surface area (Å²) in [4.78, 5) is 11.2. The topological polar surface area (TPSA) is 62.5 Å². The maximum absolute atomic E-state index is 11.2. The first-order valence-corrected chi connectivity index (χ1v) is 7.21. The van der Waals surface area contributed by atoms with Crippen molar-refractivity contribution in [3.63, 3.8) is 0 Å². The zero-order valence-corrected chi connectivity index (χ0v) is 12.0. The molecule has 0 fully saturated rings. The molecule has 1 heterocycles. The molecule has 0 spiro atoms. The predicted molar refractivity (Wildman–Crippen MR) is 75.8 cm³/mol. The molecule has 1 aromatic heterocycles. The molecule has 1 aromatic rings. The standard InChI is InChI=1S/C15H25NO3/c1-3-4-5-6-7-8-9-10-13-11-14(18)16(12(2)17)15(13)19/h11,18-19H,3-10H2,1-2H3. The van der Waals surface area contributed by atoms with Gasteiger partial charge in [-0.1, -0.05) is 45.4 Å². The van der Waals surface area contributed by atoms with Crippen molar-refractivity contribution in [2.75, 3.05) is 0 Å². The lowest BCUT2D eigenvalue weighted by Crippen LogP contribution is -2.03. The summed E-state index contributed by atoms with van der Waals surface area (Å²) < 4.78 is 0.941. The number of carbonyl (C=O) groups excluding carboxylic acids is 1. The van der Waals surface area contributed by atoms with Gasteiger partial charge in [0.1, 0.15) is 0 Å². The fourth-order valence-electron chi connectivity index (χ4n) is 2.30. The van der Waals surface area contributed by atoms with Crippen molar-refractivity contribution in [1.29, 1.82) is 0 Å². The second-order valence-corrected chi connectivity index (χ2v) is 5.08. The van der Waals surface area contributed by atoms with Crippen LogP contribution >= 0.6 is 0 Å². The van der Waals surface area contributed by atoms with Crippen LogP contribution in [0.15, 0.2) is 6.07 Å². The molecular formula is C15H25NO3. The molecule has 108 valence electrons. The number of hydrogen-bond donors (Lipinski definition) is 2. The summed E-state index contributed by atoms with van der Waals surface area (Å²) in [7, 11) is 0. The van der Waals surface area contributed by atoms with Crippen molar-refractivity contribution < 1.29 is 15.0 Å². The Hall–Kier alpha value is -1.45. The van der Waals surface area contributed by atoms with E-state index in [0.717, 1.165) is 17.4 Å². The third kappa shape index (κ3) is 4.62. The van der Waals surface area contributed by atoms with Crippen LogP contribution in [0.4, 0.5) is 0 Å². The van der Waals surface area contributed by atoms with Gasteiger partial charge in [0, 0.05) is 18.6 Å². The molecule has 0 aliphatic rings. The summed E-state index contributed by atoms with van der Waals surface area (Å²) in [6.07, 6.45) is 9.12. The first kappa shape index (κ1) is 15.6. The number of nitrogens with zero attached hydrogens (tertiary/aromatic N) is 1. The Morgan fingerprint density at radius 1 is 1.11 bits per heavy atom. The van der Waals surface area contributed by atoms with Crippen molar-refractivity contribution in [1.82, 2.24) is 4.57 Å².